The molecule has 1 aliphatic heterocycles. The van der Waals surface area contributed by atoms with Gasteiger partial charge < -0.3 is 24.6 Å². The molecule has 1 aromatic heterocycles. The number of fused-ring (bicyclic) bond motifs is 3. The number of ether oxygens (including phenoxy) is 3. The van der Waals surface area contributed by atoms with Gasteiger partial charge in [0.1, 0.15) is 23.0 Å². The number of alkyl halides is 2. The van der Waals surface area contributed by atoms with Crippen molar-refractivity contribution in [2.75, 3.05) is 18.5 Å². The molecule has 0 aliphatic carbocycles. The zero-order valence-corrected chi connectivity index (χ0v) is 23.6. The molecule has 0 spiro atoms. The molecule has 1 aromatic carbocycles. The Balaban J connectivity index is 0.000000580. The molecule has 2 N–H and O–H groups in total. The summed E-state index contributed by atoms with van der Waals surface area (Å²) in [5.41, 5.74) is 2.48. The largest absolute Gasteiger partial charge is 0.507 e. The fraction of sp³-hybridized carbons (Fsp3) is 0.621. The number of nitrogens with one attached hydrogen (secondary N) is 1. The van der Waals surface area contributed by atoms with Crippen LogP contribution in [0.1, 0.15) is 90.2 Å². The van der Waals surface area contributed by atoms with Gasteiger partial charge in [0.2, 0.25) is 0 Å². The van der Waals surface area contributed by atoms with Crippen molar-refractivity contribution in [2.45, 2.75) is 105 Å². The van der Waals surface area contributed by atoms with E-state index in [1.807, 2.05) is 19.9 Å². The van der Waals surface area contributed by atoms with E-state index < -0.39 is 6.61 Å². The minimum Gasteiger partial charge on any atom is -0.507 e. The lowest BCUT2D eigenvalue weighted by Gasteiger charge is -2.19. The Morgan fingerprint density at radius 3 is 2.56 bits per heavy atom. The molecule has 0 radical (unpaired) electrons. The Morgan fingerprint density at radius 1 is 1.10 bits per heavy atom. The molecular formula is C29H43F2N3O5. The zero-order chi connectivity index (χ0) is 28.6. The average molecular weight is 552 g/mol. The van der Waals surface area contributed by atoms with Crippen molar-refractivity contribution in [3.8, 4) is 22.8 Å². The highest BCUT2D eigenvalue weighted by atomic mass is 19.3. The van der Waals surface area contributed by atoms with Gasteiger partial charge in [-0.3, -0.25) is 4.79 Å². The topological polar surface area (TPSA) is 103 Å². The molecule has 0 saturated heterocycles. The minimum atomic E-state index is -2.97. The molecule has 3 rings (SSSR count). The molecule has 8 nitrogen and oxygen atoms in total. The fourth-order valence-corrected chi connectivity index (χ4v) is 4.33. The van der Waals surface area contributed by atoms with Gasteiger partial charge in [-0.2, -0.15) is 8.78 Å². The van der Waals surface area contributed by atoms with Gasteiger partial charge in [0.15, 0.2) is 0 Å². The van der Waals surface area contributed by atoms with Crippen LogP contribution in [0.2, 0.25) is 0 Å². The van der Waals surface area contributed by atoms with Crippen LogP contribution in [0.3, 0.4) is 0 Å². The SMILES string of the molecule is CCCC(=O)OCC.CCCCCC(CC)Nc1cc2c(nn1)-c1c(O)cc(OC(F)F)cc1COCCC2. The van der Waals surface area contributed by atoms with E-state index in [1.165, 1.54) is 31.4 Å². The van der Waals surface area contributed by atoms with Gasteiger partial charge in [-0.25, -0.2) is 0 Å². The Hall–Kier alpha value is -3.01. The van der Waals surface area contributed by atoms with Gasteiger partial charge in [0.25, 0.3) is 0 Å². The fourth-order valence-electron chi connectivity index (χ4n) is 4.33. The number of carbonyl (C=O) groups is 1. The molecule has 10 heteroatoms. The zero-order valence-electron chi connectivity index (χ0n) is 23.6. The molecule has 0 saturated carbocycles. The first kappa shape index (κ1) is 32.2. The number of carbonyl (C=O) groups excluding carboxylic acids is 1. The summed E-state index contributed by atoms with van der Waals surface area (Å²) in [5.74, 6) is 0.330. The Kier molecular flexibility index (Phi) is 14.5. The predicted molar refractivity (Wildman–Crippen MR) is 147 cm³/mol. The smallest absolute Gasteiger partial charge is 0.387 e. The van der Waals surface area contributed by atoms with Gasteiger partial charge in [-0.1, -0.05) is 40.0 Å². The highest BCUT2D eigenvalue weighted by Crippen LogP contribution is 2.39. The molecule has 2 heterocycles. The number of esters is 1. The normalized spacial score (nSPS) is 13.5. The van der Waals surface area contributed by atoms with Gasteiger partial charge in [0, 0.05) is 30.7 Å². The number of aromatic hydroxyl groups is 1. The highest BCUT2D eigenvalue weighted by molar-refractivity contribution is 5.75. The molecule has 0 amide bonds. The molecule has 39 heavy (non-hydrogen) atoms. The van der Waals surface area contributed by atoms with E-state index in [4.69, 9.17) is 4.74 Å². The first-order valence-electron chi connectivity index (χ1n) is 14.0. The van der Waals surface area contributed by atoms with Crippen molar-refractivity contribution < 1.29 is 32.9 Å². The molecule has 1 unspecified atom stereocenters. The highest BCUT2D eigenvalue weighted by Gasteiger charge is 2.22. The van der Waals surface area contributed by atoms with Crippen LogP contribution in [-0.4, -0.2) is 47.1 Å². The summed E-state index contributed by atoms with van der Waals surface area (Å²) in [7, 11) is 0. The Labute approximate surface area is 230 Å². The standard InChI is InChI=1S/C23H31F2N3O3.C6H12O2/c1-3-5-6-9-17(4-2)26-20-12-15-8-7-10-30-14-16-11-18(31-23(24)25)13-19(29)21(16)22(15)28-27-20;1-3-5-6(7)8-4-2/h11-13,17,23,29H,3-10,14H2,1-2H3,(H,26,27);3-5H2,1-2H3. The number of unbranched alkanes of at least 4 members (excludes halogenated alkanes) is 2. The van der Waals surface area contributed by atoms with Crippen LogP contribution in [0, 0.1) is 0 Å². The van der Waals surface area contributed by atoms with Crippen LogP contribution < -0.4 is 10.1 Å². The number of nitrogens with zero attached hydrogens (tertiary/aromatic N) is 2. The Morgan fingerprint density at radius 2 is 1.90 bits per heavy atom. The van der Waals surface area contributed by atoms with Gasteiger partial charge in [-0.15, -0.1) is 10.2 Å². The minimum absolute atomic E-state index is 0.0880. The van der Waals surface area contributed by atoms with Crippen molar-refractivity contribution >= 4 is 11.8 Å². The lowest BCUT2D eigenvalue weighted by atomic mass is 9.97. The van der Waals surface area contributed by atoms with E-state index in [9.17, 15) is 18.7 Å². The quantitative estimate of drug-likeness (QED) is 0.214. The van der Waals surface area contributed by atoms with Crippen molar-refractivity contribution in [1.29, 1.82) is 0 Å². The molecule has 1 atom stereocenters. The number of aromatic nitrogens is 2. The number of anilines is 1. The third-order valence-corrected chi connectivity index (χ3v) is 6.26. The number of phenols is 1. The molecule has 0 bridgehead atoms. The van der Waals surface area contributed by atoms with Crippen molar-refractivity contribution in [1.82, 2.24) is 10.2 Å². The number of hydrogen-bond acceptors (Lipinski definition) is 8. The molecule has 218 valence electrons. The summed E-state index contributed by atoms with van der Waals surface area (Å²) in [4.78, 5) is 10.4. The monoisotopic (exact) mass is 551 g/mol. The number of aryl methyl sites for hydroxylation is 1. The first-order valence-corrected chi connectivity index (χ1v) is 14.0. The third kappa shape index (κ3) is 10.9. The van der Waals surface area contributed by atoms with Crippen LogP contribution in [0.15, 0.2) is 18.2 Å². The van der Waals surface area contributed by atoms with E-state index in [1.54, 1.807) is 0 Å². The van der Waals surface area contributed by atoms with Crippen molar-refractivity contribution in [2.24, 2.45) is 0 Å². The summed E-state index contributed by atoms with van der Waals surface area (Å²) in [6.45, 7) is 6.32. The maximum atomic E-state index is 12.6. The van der Waals surface area contributed by atoms with Crippen LogP contribution in [0.4, 0.5) is 14.6 Å². The van der Waals surface area contributed by atoms with E-state index >= 15 is 0 Å². The number of phenolic OH excluding ortho intramolecular Hbond substituents is 1. The predicted octanol–water partition coefficient (Wildman–Crippen LogP) is 7.03. The average Bonchev–Trinajstić information content (AvgIpc) is 2.97. The maximum Gasteiger partial charge on any atom is 0.387 e. The van der Waals surface area contributed by atoms with E-state index in [0.717, 1.165) is 31.2 Å². The summed E-state index contributed by atoms with van der Waals surface area (Å²) in [6, 6.07) is 4.95. The number of halogens is 2. The van der Waals surface area contributed by atoms with Gasteiger partial charge in [0.05, 0.1) is 13.2 Å². The van der Waals surface area contributed by atoms with Gasteiger partial charge >= 0.3 is 12.6 Å². The van der Waals surface area contributed by atoms with Crippen LogP contribution in [-0.2, 0) is 27.3 Å². The second kappa shape index (κ2) is 17.6. The van der Waals surface area contributed by atoms with E-state index in [0.29, 0.717) is 54.7 Å². The van der Waals surface area contributed by atoms with Crippen molar-refractivity contribution in [3.63, 3.8) is 0 Å². The molecule has 1 aliphatic rings. The van der Waals surface area contributed by atoms with E-state index in [2.05, 4.69) is 38.8 Å². The van der Waals surface area contributed by atoms with Gasteiger partial charge in [-0.05, 0) is 62.3 Å². The second-order valence-corrected chi connectivity index (χ2v) is 9.41. The molecular weight excluding hydrogens is 508 g/mol. The lowest BCUT2D eigenvalue weighted by molar-refractivity contribution is -0.143. The summed E-state index contributed by atoms with van der Waals surface area (Å²) in [6.07, 6.45) is 8.54. The van der Waals surface area contributed by atoms with Crippen LogP contribution in [0.25, 0.3) is 11.3 Å². The Bertz CT molecular complexity index is 1010. The summed E-state index contributed by atoms with van der Waals surface area (Å²) >= 11 is 0. The van der Waals surface area contributed by atoms with Crippen LogP contribution >= 0.6 is 0 Å². The first-order chi connectivity index (χ1) is 18.8. The summed E-state index contributed by atoms with van der Waals surface area (Å²) in [5, 5.41) is 22.9. The molecule has 2 aromatic rings. The number of benzene rings is 1. The third-order valence-electron chi connectivity index (χ3n) is 6.26. The summed E-state index contributed by atoms with van der Waals surface area (Å²) < 4.78 is 40.1. The number of rotatable bonds is 12. The van der Waals surface area contributed by atoms with Crippen LogP contribution in [0.5, 0.6) is 11.5 Å². The maximum absolute atomic E-state index is 12.6. The number of hydrogen-bond donors (Lipinski definition) is 2. The molecule has 0 fully saturated rings. The van der Waals surface area contributed by atoms with E-state index in [-0.39, 0.29) is 24.1 Å². The van der Waals surface area contributed by atoms with Crippen molar-refractivity contribution in [3.05, 3.63) is 29.3 Å². The lowest BCUT2D eigenvalue weighted by Crippen LogP contribution is -2.19. The second-order valence-electron chi connectivity index (χ2n) is 9.41.